The van der Waals surface area contributed by atoms with Crippen molar-refractivity contribution in [3.05, 3.63) is 28.8 Å². The van der Waals surface area contributed by atoms with Gasteiger partial charge in [-0.15, -0.1) is 0 Å². The molecule has 1 heterocycles. The number of alkyl halides is 3. The van der Waals surface area contributed by atoms with Crippen LogP contribution in [0.15, 0.2) is 18.2 Å². The molecular formula is C12H15ClF3N3. The molecule has 0 aliphatic carbocycles. The van der Waals surface area contributed by atoms with Gasteiger partial charge in [-0.3, -0.25) is 4.90 Å². The Morgan fingerprint density at radius 1 is 1.26 bits per heavy atom. The average Bonchev–Trinajstić information content (AvgIpc) is 2.33. The van der Waals surface area contributed by atoms with Crippen molar-refractivity contribution in [1.82, 2.24) is 10.2 Å². The van der Waals surface area contributed by atoms with Crippen LogP contribution in [0.1, 0.15) is 11.6 Å². The third-order valence-electron chi connectivity index (χ3n) is 3.17. The zero-order chi connectivity index (χ0) is 14.0. The molecule has 0 spiro atoms. The molecule has 2 rings (SSSR count). The number of hydrogen-bond donors (Lipinski definition) is 2. The number of nitrogens with two attached hydrogens (primary N) is 1. The van der Waals surface area contributed by atoms with Crippen LogP contribution in [-0.2, 0) is 0 Å². The molecule has 0 bridgehead atoms. The summed E-state index contributed by atoms with van der Waals surface area (Å²) in [4.78, 5) is 1.39. The maximum absolute atomic E-state index is 13.3. The number of nitrogens with one attached hydrogen (secondary N) is 1. The molecule has 0 aromatic heterocycles. The van der Waals surface area contributed by atoms with Crippen molar-refractivity contribution in [3.63, 3.8) is 0 Å². The maximum atomic E-state index is 13.3. The van der Waals surface area contributed by atoms with Crippen LogP contribution in [0.2, 0.25) is 5.02 Å². The maximum Gasteiger partial charge on any atom is 0.408 e. The second-order valence-electron chi connectivity index (χ2n) is 4.50. The molecule has 106 valence electrons. The Morgan fingerprint density at radius 3 is 2.47 bits per heavy atom. The van der Waals surface area contributed by atoms with Gasteiger partial charge in [-0.05, 0) is 18.2 Å². The average molecular weight is 294 g/mol. The van der Waals surface area contributed by atoms with Gasteiger partial charge in [-0.2, -0.15) is 13.2 Å². The molecule has 1 fully saturated rings. The fourth-order valence-corrected chi connectivity index (χ4v) is 2.48. The lowest BCUT2D eigenvalue weighted by Crippen LogP contribution is -2.49. The van der Waals surface area contributed by atoms with Gasteiger partial charge in [0.15, 0.2) is 0 Å². The molecule has 0 radical (unpaired) electrons. The Bertz CT molecular complexity index is 444. The number of rotatable bonds is 2. The highest BCUT2D eigenvalue weighted by molar-refractivity contribution is 6.30. The van der Waals surface area contributed by atoms with E-state index >= 15 is 0 Å². The monoisotopic (exact) mass is 293 g/mol. The molecular weight excluding hydrogens is 279 g/mol. The normalized spacial score (nSPS) is 19.4. The summed E-state index contributed by atoms with van der Waals surface area (Å²) in [6, 6.07) is 2.51. The van der Waals surface area contributed by atoms with E-state index in [2.05, 4.69) is 5.32 Å². The summed E-state index contributed by atoms with van der Waals surface area (Å²) >= 11 is 5.80. The second-order valence-corrected chi connectivity index (χ2v) is 4.94. The van der Waals surface area contributed by atoms with Crippen molar-refractivity contribution >= 4 is 17.3 Å². The fraction of sp³-hybridized carbons (Fsp3) is 0.500. The predicted molar refractivity (Wildman–Crippen MR) is 69.1 cm³/mol. The summed E-state index contributed by atoms with van der Waals surface area (Å²) in [6.45, 7) is 1.73. The summed E-state index contributed by atoms with van der Waals surface area (Å²) in [6.07, 6.45) is -4.38. The van der Waals surface area contributed by atoms with Gasteiger partial charge in [0, 0.05) is 42.5 Å². The zero-order valence-corrected chi connectivity index (χ0v) is 10.9. The summed E-state index contributed by atoms with van der Waals surface area (Å²) in [7, 11) is 0. The van der Waals surface area contributed by atoms with Crippen LogP contribution in [0.3, 0.4) is 0 Å². The van der Waals surface area contributed by atoms with Crippen molar-refractivity contribution in [3.8, 4) is 0 Å². The van der Waals surface area contributed by atoms with Crippen LogP contribution < -0.4 is 11.1 Å². The van der Waals surface area contributed by atoms with Gasteiger partial charge in [-0.25, -0.2) is 0 Å². The van der Waals surface area contributed by atoms with Gasteiger partial charge in [0.25, 0.3) is 0 Å². The van der Waals surface area contributed by atoms with Crippen LogP contribution in [0.5, 0.6) is 0 Å². The van der Waals surface area contributed by atoms with Gasteiger partial charge in [0.1, 0.15) is 6.04 Å². The zero-order valence-electron chi connectivity index (χ0n) is 10.2. The van der Waals surface area contributed by atoms with Crippen molar-refractivity contribution in [2.24, 2.45) is 0 Å². The highest BCUT2D eigenvalue weighted by atomic mass is 35.5. The van der Waals surface area contributed by atoms with E-state index in [1.165, 1.54) is 23.1 Å². The molecule has 0 unspecified atom stereocenters. The summed E-state index contributed by atoms with van der Waals surface area (Å²) in [5.74, 6) is 0. The Labute approximate surface area is 114 Å². The molecule has 0 saturated carbocycles. The smallest absolute Gasteiger partial charge is 0.398 e. The van der Waals surface area contributed by atoms with Crippen molar-refractivity contribution < 1.29 is 13.2 Å². The third-order valence-corrected chi connectivity index (χ3v) is 3.41. The van der Waals surface area contributed by atoms with E-state index in [-0.39, 0.29) is 16.3 Å². The van der Waals surface area contributed by atoms with E-state index in [4.69, 9.17) is 17.3 Å². The molecule has 1 saturated heterocycles. The minimum Gasteiger partial charge on any atom is -0.398 e. The topological polar surface area (TPSA) is 41.3 Å². The summed E-state index contributed by atoms with van der Waals surface area (Å²) < 4.78 is 40.0. The van der Waals surface area contributed by atoms with E-state index in [9.17, 15) is 13.2 Å². The molecule has 1 atom stereocenters. The standard InChI is InChI=1S/C12H15ClF3N3/c13-8-1-2-10(17)9(7-8)11(12(14,15)16)19-5-3-18-4-6-19/h1-2,7,11,18H,3-6,17H2/t11-/m1/s1. The molecule has 1 aromatic rings. The van der Waals surface area contributed by atoms with Crippen LogP contribution in [-0.4, -0.2) is 37.3 Å². The number of nitrogen functional groups attached to an aromatic ring is 1. The third kappa shape index (κ3) is 3.32. The van der Waals surface area contributed by atoms with E-state index < -0.39 is 12.2 Å². The number of piperazine rings is 1. The first-order valence-electron chi connectivity index (χ1n) is 5.96. The largest absolute Gasteiger partial charge is 0.408 e. The molecule has 1 aliphatic rings. The van der Waals surface area contributed by atoms with Gasteiger partial charge < -0.3 is 11.1 Å². The Kier molecular flexibility index (Phi) is 4.23. The molecule has 1 aromatic carbocycles. The lowest BCUT2D eigenvalue weighted by Gasteiger charge is -2.36. The first-order valence-corrected chi connectivity index (χ1v) is 6.34. The lowest BCUT2D eigenvalue weighted by molar-refractivity contribution is -0.187. The van der Waals surface area contributed by atoms with Crippen LogP contribution in [0.25, 0.3) is 0 Å². The van der Waals surface area contributed by atoms with Gasteiger partial charge in [0.05, 0.1) is 0 Å². The fourth-order valence-electron chi connectivity index (χ4n) is 2.30. The Morgan fingerprint density at radius 2 is 1.89 bits per heavy atom. The second kappa shape index (κ2) is 5.56. The number of halogens is 4. The SMILES string of the molecule is Nc1ccc(Cl)cc1[C@@H](N1CCNCC1)C(F)(F)F. The quantitative estimate of drug-likeness (QED) is 0.823. The molecule has 7 heteroatoms. The van der Waals surface area contributed by atoms with E-state index in [1.54, 1.807) is 0 Å². The first-order chi connectivity index (χ1) is 8.89. The van der Waals surface area contributed by atoms with Crippen molar-refractivity contribution in [2.75, 3.05) is 31.9 Å². The summed E-state index contributed by atoms with van der Waals surface area (Å²) in [5, 5.41) is 3.29. The van der Waals surface area contributed by atoms with Crippen molar-refractivity contribution in [1.29, 1.82) is 0 Å². The molecule has 3 N–H and O–H groups in total. The Balaban J connectivity index is 2.39. The minimum atomic E-state index is -4.38. The molecule has 0 amide bonds. The van der Waals surface area contributed by atoms with Gasteiger partial charge in [-0.1, -0.05) is 11.6 Å². The van der Waals surface area contributed by atoms with Crippen molar-refractivity contribution in [2.45, 2.75) is 12.2 Å². The van der Waals surface area contributed by atoms with Crippen LogP contribution in [0, 0.1) is 0 Å². The van der Waals surface area contributed by atoms with Gasteiger partial charge >= 0.3 is 6.18 Å². The number of nitrogens with zero attached hydrogens (tertiary/aromatic N) is 1. The van der Waals surface area contributed by atoms with Crippen LogP contribution in [0.4, 0.5) is 18.9 Å². The van der Waals surface area contributed by atoms with Gasteiger partial charge in [0.2, 0.25) is 0 Å². The summed E-state index contributed by atoms with van der Waals surface area (Å²) in [5.41, 5.74) is 5.84. The van der Waals surface area contributed by atoms with E-state index in [1.807, 2.05) is 0 Å². The number of hydrogen-bond acceptors (Lipinski definition) is 3. The Hall–Kier alpha value is -0.980. The molecule has 3 nitrogen and oxygen atoms in total. The first kappa shape index (κ1) is 14.4. The number of benzene rings is 1. The highest BCUT2D eigenvalue weighted by Crippen LogP contribution is 2.40. The molecule has 19 heavy (non-hydrogen) atoms. The minimum absolute atomic E-state index is 0.0295. The lowest BCUT2D eigenvalue weighted by atomic mass is 10.0. The molecule has 1 aliphatic heterocycles. The number of anilines is 1. The predicted octanol–water partition coefficient (Wildman–Crippen LogP) is 2.43. The van der Waals surface area contributed by atoms with E-state index in [0.717, 1.165) is 0 Å². The van der Waals surface area contributed by atoms with Crippen LogP contribution >= 0.6 is 11.6 Å². The highest BCUT2D eigenvalue weighted by Gasteiger charge is 2.45. The van der Waals surface area contributed by atoms with E-state index in [0.29, 0.717) is 26.2 Å².